The monoisotopic (exact) mass is 249 g/mol. The predicted molar refractivity (Wildman–Crippen MR) is 61.3 cm³/mol. The molecular formula is C11H15N5O2. The third-order valence-corrected chi connectivity index (χ3v) is 3.42. The topological polar surface area (TPSA) is 101 Å². The number of nitrogens with one attached hydrogen (secondary N) is 1. The summed E-state index contributed by atoms with van der Waals surface area (Å²) in [6, 6.07) is 0. The molecule has 96 valence electrons. The Labute approximate surface area is 104 Å². The first-order chi connectivity index (χ1) is 8.83. The van der Waals surface area contributed by atoms with E-state index in [2.05, 4.69) is 25.3 Å². The van der Waals surface area contributed by atoms with E-state index in [9.17, 15) is 5.11 Å². The highest BCUT2D eigenvalue weighted by Crippen LogP contribution is 2.29. The fraction of sp³-hybridized carbons (Fsp3) is 0.636. The zero-order valence-corrected chi connectivity index (χ0v) is 9.91. The van der Waals surface area contributed by atoms with Crippen LogP contribution in [0.3, 0.4) is 0 Å². The van der Waals surface area contributed by atoms with Crippen LogP contribution in [0.5, 0.6) is 0 Å². The average Bonchev–Trinajstić information content (AvgIpc) is 3.12. The van der Waals surface area contributed by atoms with Crippen molar-refractivity contribution in [1.82, 2.24) is 25.3 Å². The first kappa shape index (κ1) is 11.3. The van der Waals surface area contributed by atoms with Crippen molar-refractivity contribution in [2.24, 2.45) is 5.92 Å². The molecule has 0 amide bonds. The Bertz CT molecular complexity index is 489. The molecule has 0 aromatic carbocycles. The molecule has 1 atom stereocenters. The highest BCUT2D eigenvalue weighted by molar-refractivity contribution is 5.39. The first-order valence-electron chi connectivity index (χ1n) is 6.19. The molecule has 7 heteroatoms. The van der Waals surface area contributed by atoms with Gasteiger partial charge >= 0.3 is 0 Å². The number of aromatic nitrogens is 5. The molecule has 2 aromatic rings. The highest BCUT2D eigenvalue weighted by Gasteiger charge is 2.25. The van der Waals surface area contributed by atoms with Crippen LogP contribution in [0.4, 0.5) is 0 Å². The molecule has 2 aromatic heterocycles. The Morgan fingerprint density at radius 3 is 3.00 bits per heavy atom. The van der Waals surface area contributed by atoms with Gasteiger partial charge in [-0.2, -0.15) is 10.1 Å². The number of aliphatic hydroxyl groups excluding tert-OH is 1. The summed E-state index contributed by atoms with van der Waals surface area (Å²) in [7, 11) is 0. The zero-order valence-electron chi connectivity index (χ0n) is 9.91. The van der Waals surface area contributed by atoms with Crippen molar-refractivity contribution in [2.75, 3.05) is 0 Å². The standard InChI is InChI=1S/C11H15N5O2/c17-8(7-3-1-2-4-7)5-9-14-11(16-18-9)10-12-6-13-15-10/h6-8,17H,1-5H2,(H,12,13,15). The Morgan fingerprint density at radius 2 is 2.28 bits per heavy atom. The molecule has 0 spiro atoms. The Morgan fingerprint density at radius 1 is 1.44 bits per heavy atom. The molecule has 2 heterocycles. The van der Waals surface area contributed by atoms with E-state index >= 15 is 0 Å². The van der Waals surface area contributed by atoms with Crippen molar-refractivity contribution < 1.29 is 9.63 Å². The maximum Gasteiger partial charge on any atom is 0.239 e. The van der Waals surface area contributed by atoms with Crippen molar-refractivity contribution in [2.45, 2.75) is 38.2 Å². The Balaban J connectivity index is 1.66. The summed E-state index contributed by atoms with van der Waals surface area (Å²) in [5.41, 5.74) is 0. The molecule has 1 fully saturated rings. The SMILES string of the molecule is OC(Cc1nc(-c2ncn[nH]2)no1)C1CCCC1. The summed E-state index contributed by atoms with van der Waals surface area (Å²) in [5, 5.41) is 20.3. The smallest absolute Gasteiger partial charge is 0.239 e. The van der Waals surface area contributed by atoms with Gasteiger partial charge in [-0.05, 0) is 18.8 Å². The van der Waals surface area contributed by atoms with Crippen LogP contribution in [0.15, 0.2) is 10.9 Å². The number of hydrogen-bond donors (Lipinski definition) is 2. The van der Waals surface area contributed by atoms with Crippen molar-refractivity contribution in [3.8, 4) is 11.6 Å². The molecule has 18 heavy (non-hydrogen) atoms. The van der Waals surface area contributed by atoms with Gasteiger partial charge in [0.1, 0.15) is 6.33 Å². The lowest BCUT2D eigenvalue weighted by Gasteiger charge is -2.14. The molecule has 1 aliphatic rings. The quantitative estimate of drug-likeness (QED) is 0.836. The lowest BCUT2D eigenvalue weighted by atomic mass is 9.98. The van der Waals surface area contributed by atoms with Gasteiger partial charge in [0.15, 0.2) is 5.82 Å². The minimum absolute atomic E-state index is 0.366. The largest absolute Gasteiger partial charge is 0.392 e. The van der Waals surface area contributed by atoms with Gasteiger partial charge in [-0.3, -0.25) is 5.10 Å². The molecule has 1 unspecified atom stereocenters. The van der Waals surface area contributed by atoms with E-state index in [0.29, 0.717) is 29.9 Å². The van der Waals surface area contributed by atoms with Crippen LogP contribution in [-0.4, -0.2) is 36.5 Å². The zero-order chi connectivity index (χ0) is 12.4. The normalized spacial score (nSPS) is 18.3. The first-order valence-corrected chi connectivity index (χ1v) is 6.19. The summed E-state index contributed by atoms with van der Waals surface area (Å²) >= 11 is 0. The fourth-order valence-corrected chi connectivity index (χ4v) is 2.43. The molecule has 0 aliphatic heterocycles. The van der Waals surface area contributed by atoms with Gasteiger partial charge in [0.05, 0.1) is 12.5 Å². The Hall–Kier alpha value is -1.76. The van der Waals surface area contributed by atoms with Gasteiger partial charge in [-0.15, -0.1) is 0 Å². The number of hydrogen-bond acceptors (Lipinski definition) is 6. The Kier molecular flexibility index (Phi) is 3.06. The summed E-state index contributed by atoms with van der Waals surface area (Å²) < 4.78 is 5.11. The summed E-state index contributed by atoms with van der Waals surface area (Å²) in [6.07, 6.45) is 5.98. The molecule has 2 N–H and O–H groups in total. The molecule has 1 aliphatic carbocycles. The molecule has 1 saturated carbocycles. The van der Waals surface area contributed by atoms with Crippen molar-refractivity contribution >= 4 is 0 Å². The second-order valence-corrected chi connectivity index (χ2v) is 4.66. The summed E-state index contributed by atoms with van der Waals surface area (Å²) in [4.78, 5) is 8.13. The molecule has 0 radical (unpaired) electrons. The third-order valence-electron chi connectivity index (χ3n) is 3.42. The lowest BCUT2D eigenvalue weighted by Crippen LogP contribution is -2.20. The number of aromatic amines is 1. The number of nitrogens with zero attached hydrogens (tertiary/aromatic N) is 4. The third kappa shape index (κ3) is 2.26. The minimum Gasteiger partial charge on any atom is -0.392 e. The number of aliphatic hydroxyl groups is 1. The predicted octanol–water partition coefficient (Wildman–Crippen LogP) is 0.948. The number of rotatable bonds is 4. The van der Waals surface area contributed by atoms with Crippen LogP contribution in [0.25, 0.3) is 11.6 Å². The van der Waals surface area contributed by atoms with E-state index in [1.54, 1.807) is 0 Å². The van der Waals surface area contributed by atoms with Gasteiger partial charge in [-0.1, -0.05) is 18.0 Å². The molecular weight excluding hydrogens is 234 g/mol. The van der Waals surface area contributed by atoms with Gasteiger partial charge in [-0.25, -0.2) is 4.98 Å². The highest BCUT2D eigenvalue weighted by atomic mass is 16.5. The van der Waals surface area contributed by atoms with Crippen LogP contribution in [0.1, 0.15) is 31.6 Å². The summed E-state index contributed by atoms with van der Waals surface area (Å²) in [5.74, 6) is 1.66. The molecule has 7 nitrogen and oxygen atoms in total. The van der Waals surface area contributed by atoms with Crippen molar-refractivity contribution in [3.63, 3.8) is 0 Å². The van der Waals surface area contributed by atoms with Crippen molar-refractivity contribution in [3.05, 3.63) is 12.2 Å². The van der Waals surface area contributed by atoms with Crippen LogP contribution in [-0.2, 0) is 6.42 Å². The summed E-state index contributed by atoms with van der Waals surface area (Å²) in [6.45, 7) is 0. The minimum atomic E-state index is -0.393. The molecule has 0 saturated heterocycles. The van der Waals surface area contributed by atoms with E-state index in [1.165, 1.54) is 19.2 Å². The van der Waals surface area contributed by atoms with Gasteiger partial charge in [0.2, 0.25) is 11.7 Å². The van der Waals surface area contributed by atoms with E-state index in [4.69, 9.17) is 4.52 Å². The fourth-order valence-electron chi connectivity index (χ4n) is 2.43. The maximum atomic E-state index is 10.1. The van der Waals surface area contributed by atoms with Crippen LogP contribution in [0.2, 0.25) is 0 Å². The van der Waals surface area contributed by atoms with E-state index in [0.717, 1.165) is 12.8 Å². The van der Waals surface area contributed by atoms with Crippen LogP contribution < -0.4 is 0 Å². The second kappa shape index (κ2) is 4.85. The molecule has 3 rings (SSSR count). The van der Waals surface area contributed by atoms with Crippen LogP contribution >= 0.6 is 0 Å². The maximum absolute atomic E-state index is 10.1. The van der Waals surface area contributed by atoms with E-state index < -0.39 is 6.10 Å². The van der Waals surface area contributed by atoms with Gasteiger partial charge < -0.3 is 9.63 Å². The van der Waals surface area contributed by atoms with Crippen LogP contribution in [0, 0.1) is 5.92 Å². The lowest BCUT2D eigenvalue weighted by molar-refractivity contribution is 0.102. The van der Waals surface area contributed by atoms with Gasteiger partial charge in [0.25, 0.3) is 0 Å². The van der Waals surface area contributed by atoms with Crippen molar-refractivity contribution in [1.29, 1.82) is 0 Å². The van der Waals surface area contributed by atoms with E-state index in [1.807, 2.05) is 0 Å². The van der Waals surface area contributed by atoms with Gasteiger partial charge in [0, 0.05) is 0 Å². The number of H-pyrrole nitrogens is 1. The average molecular weight is 249 g/mol. The second-order valence-electron chi connectivity index (χ2n) is 4.66. The molecule has 0 bridgehead atoms. The van der Waals surface area contributed by atoms with E-state index in [-0.39, 0.29) is 0 Å².